The average molecular weight is 291 g/mol. The number of esters is 1. The molecule has 0 amide bonds. The van der Waals surface area contributed by atoms with Gasteiger partial charge in [-0.2, -0.15) is 0 Å². The monoisotopic (exact) mass is 291 g/mol. The van der Waals surface area contributed by atoms with Crippen LogP contribution in [0.1, 0.15) is 24.6 Å². The van der Waals surface area contributed by atoms with Gasteiger partial charge >= 0.3 is 5.97 Å². The second-order valence-electron chi connectivity index (χ2n) is 4.45. The lowest BCUT2D eigenvalue weighted by atomic mass is 10.0. The topological polar surface area (TPSA) is 39.2 Å². The van der Waals surface area contributed by atoms with E-state index in [1.54, 1.807) is 37.3 Å². The van der Waals surface area contributed by atoms with Gasteiger partial charge in [0.25, 0.3) is 6.43 Å². The number of alkyl halides is 2. The molecule has 2 aromatic rings. The Labute approximate surface area is 121 Å². The van der Waals surface area contributed by atoms with E-state index in [0.29, 0.717) is 12.2 Å². The molecule has 0 aliphatic rings. The average Bonchev–Trinajstić information content (AvgIpc) is 2.48. The van der Waals surface area contributed by atoms with Crippen LogP contribution in [0.3, 0.4) is 0 Å². The Bertz CT molecular complexity index is 612. The van der Waals surface area contributed by atoms with Crippen LogP contribution in [-0.2, 0) is 16.0 Å². The number of aromatic nitrogens is 1. The molecular formula is C16H15F2NO2. The third-order valence-electron chi connectivity index (χ3n) is 2.95. The van der Waals surface area contributed by atoms with Gasteiger partial charge in [-0.15, -0.1) is 0 Å². The smallest absolute Gasteiger partial charge is 0.310 e. The summed E-state index contributed by atoms with van der Waals surface area (Å²) in [5, 5.41) is 0. The minimum Gasteiger partial charge on any atom is -0.466 e. The zero-order chi connectivity index (χ0) is 15.2. The molecule has 0 atom stereocenters. The van der Waals surface area contributed by atoms with E-state index >= 15 is 0 Å². The van der Waals surface area contributed by atoms with Crippen molar-refractivity contribution in [2.75, 3.05) is 6.61 Å². The number of carbonyl (C=O) groups is 1. The number of hydrogen-bond donors (Lipinski definition) is 0. The van der Waals surface area contributed by atoms with Crippen molar-refractivity contribution in [3.63, 3.8) is 0 Å². The molecule has 0 saturated heterocycles. The van der Waals surface area contributed by atoms with Crippen molar-refractivity contribution >= 4 is 5.97 Å². The Balaban J connectivity index is 2.15. The minimum atomic E-state index is -2.59. The number of nitrogens with zero attached hydrogens (tertiary/aromatic N) is 1. The number of hydrogen-bond acceptors (Lipinski definition) is 3. The van der Waals surface area contributed by atoms with Gasteiger partial charge in [-0.05, 0) is 35.7 Å². The summed E-state index contributed by atoms with van der Waals surface area (Å²) in [4.78, 5) is 15.0. The first-order valence-corrected chi connectivity index (χ1v) is 6.59. The number of pyridine rings is 1. The molecule has 2 rings (SSSR count). The van der Waals surface area contributed by atoms with E-state index in [1.165, 1.54) is 12.3 Å². The van der Waals surface area contributed by atoms with Crippen LogP contribution in [0.15, 0.2) is 42.6 Å². The lowest BCUT2D eigenvalue weighted by molar-refractivity contribution is -0.142. The largest absolute Gasteiger partial charge is 0.466 e. The van der Waals surface area contributed by atoms with Crippen LogP contribution in [0.4, 0.5) is 8.78 Å². The molecule has 110 valence electrons. The van der Waals surface area contributed by atoms with E-state index in [0.717, 1.165) is 11.1 Å². The Kier molecular flexibility index (Phi) is 4.98. The molecule has 0 aliphatic carbocycles. The van der Waals surface area contributed by atoms with E-state index in [4.69, 9.17) is 4.74 Å². The summed E-state index contributed by atoms with van der Waals surface area (Å²) in [6, 6.07) is 10.2. The van der Waals surface area contributed by atoms with Crippen molar-refractivity contribution in [3.05, 3.63) is 53.9 Å². The summed E-state index contributed by atoms with van der Waals surface area (Å²) < 4.78 is 30.1. The molecule has 0 aliphatic heterocycles. The first kappa shape index (κ1) is 15.1. The zero-order valence-corrected chi connectivity index (χ0v) is 11.6. The fraction of sp³-hybridized carbons (Fsp3) is 0.250. The summed E-state index contributed by atoms with van der Waals surface area (Å²) >= 11 is 0. The van der Waals surface area contributed by atoms with Crippen LogP contribution in [0, 0.1) is 0 Å². The van der Waals surface area contributed by atoms with Crippen LogP contribution in [-0.4, -0.2) is 17.6 Å². The number of halogens is 2. The molecule has 3 nitrogen and oxygen atoms in total. The van der Waals surface area contributed by atoms with E-state index in [-0.39, 0.29) is 18.1 Å². The van der Waals surface area contributed by atoms with Crippen LogP contribution >= 0.6 is 0 Å². The van der Waals surface area contributed by atoms with Gasteiger partial charge in [0.15, 0.2) is 0 Å². The summed E-state index contributed by atoms with van der Waals surface area (Å²) in [7, 11) is 0. The number of benzene rings is 1. The first-order chi connectivity index (χ1) is 10.1. The fourth-order valence-corrected chi connectivity index (χ4v) is 1.94. The number of ether oxygens (including phenoxy) is 1. The third kappa shape index (κ3) is 4.08. The molecule has 0 bridgehead atoms. The zero-order valence-electron chi connectivity index (χ0n) is 11.6. The minimum absolute atomic E-state index is 0.201. The van der Waals surface area contributed by atoms with Crippen molar-refractivity contribution in [1.82, 2.24) is 4.98 Å². The van der Waals surface area contributed by atoms with Crippen molar-refractivity contribution < 1.29 is 18.3 Å². The maximum Gasteiger partial charge on any atom is 0.310 e. The maximum atomic E-state index is 12.6. The maximum absolute atomic E-state index is 12.6. The van der Waals surface area contributed by atoms with Gasteiger partial charge in [0.1, 0.15) is 5.69 Å². The summed E-state index contributed by atoms with van der Waals surface area (Å²) in [5.74, 6) is -0.283. The van der Waals surface area contributed by atoms with E-state index in [1.807, 2.05) is 0 Å². The summed E-state index contributed by atoms with van der Waals surface area (Å²) in [6.45, 7) is 2.11. The van der Waals surface area contributed by atoms with Gasteiger partial charge in [0, 0.05) is 6.20 Å². The van der Waals surface area contributed by atoms with Gasteiger partial charge in [-0.1, -0.05) is 24.3 Å². The van der Waals surface area contributed by atoms with E-state index < -0.39 is 6.43 Å². The van der Waals surface area contributed by atoms with Crippen molar-refractivity contribution in [2.24, 2.45) is 0 Å². The molecular weight excluding hydrogens is 276 g/mol. The predicted molar refractivity (Wildman–Crippen MR) is 75.0 cm³/mol. The van der Waals surface area contributed by atoms with Crippen molar-refractivity contribution in [3.8, 4) is 11.1 Å². The summed E-state index contributed by atoms with van der Waals surface area (Å²) in [5.41, 5.74) is 2.04. The highest BCUT2D eigenvalue weighted by molar-refractivity contribution is 5.73. The normalized spacial score (nSPS) is 10.7. The van der Waals surface area contributed by atoms with E-state index in [2.05, 4.69) is 4.98 Å². The highest BCUT2D eigenvalue weighted by Gasteiger charge is 2.10. The lowest BCUT2D eigenvalue weighted by Gasteiger charge is -2.06. The standard InChI is InChI=1S/C16H15F2NO2/c1-2-21-15(20)9-11-3-5-12(6-4-11)13-7-8-19-14(10-13)16(17)18/h3-8,10,16H,2,9H2,1H3. The molecule has 0 spiro atoms. The lowest BCUT2D eigenvalue weighted by Crippen LogP contribution is -2.07. The van der Waals surface area contributed by atoms with Gasteiger partial charge in [0.2, 0.25) is 0 Å². The molecule has 1 aromatic carbocycles. The highest BCUT2D eigenvalue weighted by Crippen LogP contribution is 2.24. The van der Waals surface area contributed by atoms with Gasteiger partial charge in [0.05, 0.1) is 13.0 Å². The van der Waals surface area contributed by atoms with Crippen LogP contribution in [0.2, 0.25) is 0 Å². The second kappa shape index (κ2) is 6.92. The predicted octanol–water partition coefficient (Wildman–Crippen LogP) is 3.79. The van der Waals surface area contributed by atoms with Gasteiger partial charge in [-0.25, -0.2) is 8.78 Å². The molecule has 5 heteroatoms. The van der Waals surface area contributed by atoms with E-state index in [9.17, 15) is 13.6 Å². The van der Waals surface area contributed by atoms with Gasteiger partial charge < -0.3 is 4.74 Å². The highest BCUT2D eigenvalue weighted by atomic mass is 19.3. The number of rotatable bonds is 5. The second-order valence-corrected chi connectivity index (χ2v) is 4.45. The summed E-state index contributed by atoms with van der Waals surface area (Å²) in [6.07, 6.45) is -1.02. The van der Waals surface area contributed by atoms with Crippen LogP contribution in [0.5, 0.6) is 0 Å². The quantitative estimate of drug-likeness (QED) is 0.787. The third-order valence-corrected chi connectivity index (χ3v) is 2.95. The number of carbonyl (C=O) groups excluding carboxylic acids is 1. The molecule has 0 saturated carbocycles. The molecule has 0 N–H and O–H groups in total. The molecule has 21 heavy (non-hydrogen) atoms. The van der Waals surface area contributed by atoms with Crippen LogP contribution < -0.4 is 0 Å². The Morgan fingerprint density at radius 2 is 1.90 bits per heavy atom. The SMILES string of the molecule is CCOC(=O)Cc1ccc(-c2ccnc(C(F)F)c2)cc1. The van der Waals surface area contributed by atoms with Gasteiger partial charge in [-0.3, -0.25) is 9.78 Å². The molecule has 0 unspecified atom stereocenters. The van der Waals surface area contributed by atoms with Crippen LogP contribution in [0.25, 0.3) is 11.1 Å². The fourth-order valence-electron chi connectivity index (χ4n) is 1.94. The molecule has 0 fully saturated rings. The van der Waals surface area contributed by atoms with Crippen molar-refractivity contribution in [2.45, 2.75) is 19.8 Å². The van der Waals surface area contributed by atoms with Crippen molar-refractivity contribution in [1.29, 1.82) is 0 Å². The Hall–Kier alpha value is -2.30. The molecule has 1 heterocycles. The first-order valence-electron chi connectivity index (χ1n) is 6.59. The molecule has 1 aromatic heterocycles. The Morgan fingerprint density at radius 3 is 2.52 bits per heavy atom. The Morgan fingerprint density at radius 1 is 1.19 bits per heavy atom. The molecule has 0 radical (unpaired) electrons.